The molecule has 1 aromatic rings. The van der Waals surface area contributed by atoms with Crippen LogP contribution in [0.15, 0.2) is 12.3 Å². The van der Waals surface area contributed by atoms with E-state index in [9.17, 15) is 15.0 Å². The molecule has 6 heteroatoms. The Morgan fingerprint density at radius 2 is 2.16 bits per heavy atom. The maximum absolute atomic E-state index is 11.3. The van der Waals surface area contributed by atoms with Gasteiger partial charge in [0.05, 0.1) is 24.0 Å². The van der Waals surface area contributed by atoms with Crippen LogP contribution in [0, 0.1) is 0 Å². The second kappa shape index (κ2) is 5.44. The van der Waals surface area contributed by atoms with Crippen LogP contribution >= 0.6 is 0 Å². The van der Waals surface area contributed by atoms with E-state index >= 15 is 0 Å². The third-order valence-electron chi connectivity index (χ3n) is 3.64. The number of hydrogen-bond acceptors (Lipinski definition) is 5. The number of nitrogens with two attached hydrogens (primary N) is 1. The third-order valence-corrected chi connectivity index (χ3v) is 3.64. The van der Waals surface area contributed by atoms with Gasteiger partial charge in [0, 0.05) is 7.05 Å². The number of carboxylic acids is 1. The van der Waals surface area contributed by atoms with Crippen molar-refractivity contribution in [2.75, 3.05) is 17.7 Å². The molecule has 1 fully saturated rings. The number of nitrogens with zero attached hydrogens (tertiary/aromatic N) is 2. The van der Waals surface area contributed by atoms with E-state index in [4.69, 9.17) is 5.73 Å². The van der Waals surface area contributed by atoms with Crippen molar-refractivity contribution in [3.63, 3.8) is 0 Å². The lowest BCUT2D eigenvalue weighted by atomic mass is 9.91. The molecule has 2 rings (SSSR count). The number of nitrogen functional groups attached to an aromatic ring is 1. The van der Waals surface area contributed by atoms with Crippen molar-refractivity contribution in [1.29, 1.82) is 0 Å². The summed E-state index contributed by atoms with van der Waals surface area (Å²) in [6.45, 7) is 0. The number of anilines is 2. The van der Waals surface area contributed by atoms with Crippen LogP contribution in [0.1, 0.15) is 36.0 Å². The van der Waals surface area contributed by atoms with Gasteiger partial charge in [0.1, 0.15) is 11.4 Å². The summed E-state index contributed by atoms with van der Waals surface area (Å²) in [7, 11) is 1.77. The first kappa shape index (κ1) is 13.6. The molecule has 1 heterocycles. The van der Waals surface area contributed by atoms with E-state index < -0.39 is 12.1 Å². The number of carbonyl (C=O) groups is 1. The molecule has 2 unspecified atom stereocenters. The van der Waals surface area contributed by atoms with E-state index in [-0.39, 0.29) is 11.6 Å². The predicted molar refractivity (Wildman–Crippen MR) is 72.3 cm³/mol. The molecule has 2 atom stereocenters. The zero-order valence-corrected chi connectivity index (χ0v) is 10.9. The minimum absolute atomic E-state index is 0.0697. The van der Waals surface area contributed by atoms with Gasteiger partial charge in [-0.3, -0.25) is 0 Å². The first-order chi connectivity index (χ1) is 9.00. The van der Waals surface area contributed by atoms with Gasteiger partial charge >= 0.3 is 5.97 Å². The Kier molecular flexibility index (Phi) is 3.90. The van der Waals surface area contributed by atoms with Crippen molar-refractivity contribution >= 4 is 17.5 Å². The summed E-state index contributed by atoms with van der Waals surface area (Å²) in [5.74, 6) is -0.709. The van der Waals surface area contributed by atoms with Crippen molar-refractivity contribution in [2.45, 2.75) is 37.8 Å². The fraction of sp³-hybridized carbons (Fsp3) is 0.538. The quantitative estimate of drug-likeness (QED) is 0.756. The van der Waals surface area contributed by atoms with Crippen LogP contribution in [0.2, 0.25) is 0 Å². The maximum atomic E-state index is 11.3. The second-order valence-electron chi connectivity index (χ2n) is 4.98. The van der Waals surface area contributed by atoms with Crippen molar-refractivity contribution in [2.24, 2.45) is 0 Å². The first-order valence-corrected chi connectivity index (χ1v) is 6.40. The molecule has 1 saturated carbocycles. The summed E-state index contributed by atoms with van der Waals surface area (Å²) in [6.07, 6.45) is 4.61. The SMILES string of the molecule is CN(c1ncc(N)cc1C(=O)O)C1CCCCC1O. The first-order valence-electron chi connectivity index (χ1n) is 6.40. The van der Waals surface area contributed by atoms with Gasteiger partial charge in [-0.05, 0) is 18.9 Å². The summed E-state index contributed by atoms with van der Waals surface area (Å²) >= 11 is 0. The molecule has 0 amide bonds. The van der Waals surface area contributed by atoms with Crippen LogP contribution < -0.4 is 10.6 Å². The molecule has 0 spiro atoms. The van der Waals surface area contributed by atoms with Crippen LogP contribution in [-0.2, 0) is 0 Å². The summed E-state index contributed by atoms with van der Waals surface area (Å²) in [6, 6.07) is 1.30. The molecule has 1 aliphatic carbocycles. The number of hydrogen-bond donors (Lipinski definition) is 3. The number of rotatable bonds is 3. The highest BCUT2D eigenvalue weighted by Crippen LogP contribution is 2.28. The van der Waals surface area contributed by atoms with E-state index in [1.54, 1.807) is 11.9 Å². The highest BCUT2D eigenvalue weighted by atomic mass is 16.4. The van der Waals surface area contributed by atoms with E-state index in [0.29, 0.717) is 11.5 Å². The lowest BCUT2D eigenvalue weighted by Gasteiger charge is -2.36. The van der Waals surface area contributed by atoms with Gasteiger partial charge in [-0.15, -0.1) is 0 Å². The largest absolute Gasteiger partial charge is 0.478 e. The normalized spacial score (nSPS) is 23.1. The number of aliphatic hydroxyl groups is 1. The molecular formula is C13H19N3O3. The van der Waals surface area contributed by atoms with E-state index in [1.165, 1.54) is 12.3 Å². The van der Waals surface area contributed by atoms with Gasteiger partial charge in [0.15, 0.2) is 0 Å². The fourth-order valence-electron chi connectivity index (χ4n) is 2.61. The Balaban J connectivity index is 2.32. The standard InChI is InChI=1S/C13H19N3O3/c1-16(10-4-2-3-5-11(10)17)12-9(13(18)19)6-8(14)7-15-12/h6-7,10-11,17H,2-5,14H2,1H3,(H,18,19). The van der Waals surface area contributed by atoms with Crippen LogP contribution in [0.25, 0.3) is 0 Å². The summed E-state index contributed by atoms with van der Waals surface area (Å²) in [4.78, 5) is 17.1. The Bertz CT molecular complexity index is 478. The number of aromatic carboxylic acids is 1. The highest BCUT2D eigenvalue weighted by molar-refractivity contribution is 5.94. The predicted octanol–water partition coefficient (Wildman–Crippen LogP) is 1.10. The highest BCUT2D eigenvalue weighted by Gasteiger charge is 2.29. The monoisotopic (exact) mass is 265 g/mol. The zero-order chi connectivity index (χ0) is 14.0. The lowest BCUT2D eigenvalue weighted by molar-refractivity contribution is 0.0695. The molecule has 0 saturated heterocycles. The molecule has 1 aliphatic rings. The van der Waals surface area contributed by atoms with Crippen molar-refractivity contribution in [3.05, 3.63) is 17.8 Å². The van der Waals surface area contributed by atoms with Crippen LogP contribution in [-0.4, -0.2) is 40.4 Å². The van der Waals surface area contributed by atoms with Crippen molar-refractivity contribution in [1.82, 2.24) is 4.98 Å². The minimum Gasteiger partial charge on any atom is -0.478 e. The molecular weight excluding hydrogens is 246 g/mol. The average Bonchev–Trinajstić information content (AvgIpc) is 2.38. The van der Waals surface area contributed by atoms with Gasteiger partial charge in [-0.2, -0.15) is 0 Å². The Morgan fingerprint density at radius 3 is 2.79 bits per heavy atom. The third kappa shape index (κ3) is 2.78. The molecule has 4 N–H and O–H groups in total. The van der Waals surface area contributed by atoms with Gasteiger partial charge in [-0.1, -0.05) is 12.8 Å². The molecule has 0 aliphatic heterocycles. The van der Waals surface area contributed by atoms with Gasteiger partial charge < -0.3 is 20.8 Å². The van der Waals surface area contributed by atoms with Crippen molar-refractivity contribution in [3.8, 4) is 0 Å². The lowest BCUT2D eigenvalue weighted by Crippen LogP contribution is -2.44. The smallest absolute Gasteiger partial charge is 0.339 e. The molecule has 0 aromatic carbocycles. The van der Waals surface area contributed by atoms with Gasteiger partial charge in [-0.25, -0.2) is 9.78 Å². The Hall–Kier alpha value is -1.82. The molecule has 1 aromatic heterocycles. The van der Waals surface area contributed by atoms with Gasteiger partial charge in [0.25, 0.3) is 0 Å². The summed E-state index contributed by atoms with van der Waals surface area (Å²) in [5.41, 5.74) is 5.97. The molecule has 104 valence electrons. The van der Waals surface area contributed by atoms with Crippen LogP contribution in [0.5, 0.6) is 0 Å². The minimum atomic E-state index is -1.06. The van der Waals surface area contributed by atoms with E-state index in [2.05, 4.69) is 4.98 Å². The molecule has 0 bridgehead atoms. The molecule has 0 radical (unpaired) electrons. The van der Waals surface area contributed by atoms with Crippen LogP contribution in [0.4, 0.5) is 11.5 Å². The Labute approximate surface area is 111 Å². The summed E-state index contributed by atoms with van der Waals surface area (Å²) < 4.78 is 0. The fourth-order valence-corrected chi connectivity index (χ4v) is 2.61. The second-order valence-corrected chi connectivity index (χ2v) is 4.98. The number of aliphatic hydroxyl groups excluding tert-OH is 1. The molecule has 6 nitrogen and oxygen atoms in total. The maximum Gasteiger partial charge on any atom is 0.339 e. The number of pyridine rings is 1. The Morgan fingerprint density at radius 1 is 1.47 bits per heavy atom. The molecule has 19 heavy (non-hydrogen) atoms. The zero-order valence-electron chi connectivity index (χ0n) is 10.9. The average molecular weight is 265 g/mol. The topological polar surface area (TPSA) is 99.7 Å². The van der Waals surface area contributed by atoms with Crippen LogP contribution in [0.3, 0.4) is 0 Å². The van der Waals surface area contributed by atoms with Crippen molar-refractivity contribution < 1.29 is 15.0 Å². The van der Waals surface area contributed by atoms with E-state index in [1.807, 2.05) is 0 Å². The number of carboxylic acid groups (broad SMARTS) is 1. The van der Waals surface area contributed by atoms with E-state index in [0.717, 1.165) is 25.7 Å². The number of likely N-dealkylation sites (N-methyl/N-ethyl adjacent to an activating group) is 1. The summed E-state index contributed by atoms with van der Waals surface area (Å²) in [5, 5.41) is 19.3. The number of aromatic nitrogens is 1. The van der Waals surface area contributed by atoms with Gasteiger partial charge in [0.2, 0.25) is 0 Å².